The molecule has 1 unspecified atom stereocenters. The summed E-state index contributed by atoms with van der Waals surface area (Å²) in [6.07, 6.45) is -0.534. The minimum Gasteiger partial charge on any atom is -0.383 e. The van der Waals surface area contributed by atoms with Crippen LogP contribution in [0.25, 0.3) is 0 Å². The van der Waals surface area contributed by atoms with Crippen molar-refractivity contribution in [2.45, 2.75) is 20.0 Å². The number of aliphatic hydroxyl groups is 1. The maximum Gasteiger partial charge on any atom is 0.114 e. The molecule has 0 saturated heterocycles. The van der Waals surface area contributed by atoms with Gasteiger partial charge in [-0.1, -0.05) is 28.1 Å². The Balaban J connectivity index is 2.37. The van der Waals surface area contributed by atoms with Crippen molar-refractivity contribution in [2.75, 3.05) is 0 Å². The number of rotatable bonds is 2. The summed E-state index contributed by atoms with van der Waals surface area (Å²) in [5.41, 5.74) is 2.11. The van der Waals surface area contributed by atoms with Crippen LogP contribution in [0.15, 0.2) is 34.8 Å². The molecule has 16 heavy (non-hydrogen) atoms. The molecule has 0 aliphatic heterocycles. The van der Waals surface area contributed by atoms with E-state index >= 15 is 0 Å². The molecular weight excluding hydrogens is 284 g/mol. The van der Waals surface area contributed by atoms with Crippen molar-refractivity contribution in [1.82, 2.24) is 0 Å². The van der Waals surface area contributed by atoms with Crippen LogP contribution in [0.3, 0.4) is 0 Å². The molecule has 1 nitrogen and oxygen atoms in total. The lowest BCUT2D eigenvalue weighted by Crippen LogP contribution is -1.98. The van der Waals surface area contributed by atoms with E-state index in [9.17, 15) is 5.11 Å². The van der Waals surface area contributed by atoms with Gasteiger partial charge in [0.15, 0.2) is 0 Å². The smallest absolute Gasteiger partial charge is 0.114 e. The first-order valence-electron chi connectivity index (χ1n) is 5.08. The van der Waals surface area contributed by atoms with Crippen LogP contribution in [0.2, 0.25) is 0 Å². The summed E-state index contributed by atoms with van der Waals surface area (Å²) in [6, 6.07) is 10.0. The van der Waals surface area contributed by atoms with Crippen LogP contribution in [-0.2, 0) is 0 Å². The Morgan fingerprint density at radius 2 is 1.94 bits per heavy atom. The van der Waals surface area contributed by atoms with Gasteiger partial charge in [-0.05, 0) is 43.2 Å². The average molecular weight is 297 g/mol. The molecule has 0 aliphatic rings. The van der Waals surface area contributed by atoms with Gasteiger partial charge in [-0.3, -0.25) is 0 Å². The van der Waals surface area contributed by atoms with Crippen molar-refractivity contribution >= 4 is 27.3 Å². The van der Waals surface area contributed by atoms with Crippen molar-refractivity contribution in [3.05, 3.63) is 55.7 Å². The molecule has 84 valence electrons. The molecule has 0 aliphatic carbocycles. The summed E-state index contributed by atoms with van der Waals surface area (Å²) in [6.45, 7) is 4.08. The Kier molecular flexibility index (Phi) is 3.47. The Morgan fingerprint density at radius 3 is 2.50 bits per heavy atom. The van der Waals surface area contributed by atoms with Gasteiger partial charge in [0, 0.05) is 14.2 Å². The largest absolute Gasteiger partial charge is 0.383 e. The molecule has 0 spiro atoms. The number of aryl methyl sites for hydroxylation is 2. The Hall–Kier alpha value is -0.640. The van der Waals surface area contributed by atoms with Crippen LogP contribution in [0, 0.1) is 13.8 Å². The second kappa shape index (κ2) is 4.70. The maximum absolute atomic E-state index is 10.3. The molecule has 0 bridgehead atoms. The van der Waals surface area contributed by atoms with Crippen LogP contribution in [0.5, 0.6) is 0 Å². The van der Waals surface area contributed by atoms with Gasteiger partial charge in [-0.25, -0.2) is 0 Å². The minimum atomic E-state index is -0.534. The zero-order valence-corrected chi connectivity index (χ0v) is 11.6. The number of benzene rings is 1. The van der Waals surface area contributed by atoms with Gasteiger partial charge in [0.25, 0.3) is 0 Å². The summed E-state index contributed by atoms with van der Waals surface area (Å²) >= 11 is 5.13. The highest BCUT2D eigenvalue weighted by molar-refractivity contribution is 9.10. The second-order valence-corrected chi connectivity index (χ2v) is 6.05. The molecule has 0 fully saturated rings. The fourth-order valence-electron chi connectivity index (χ4n) is 1.61. The van der Waals surface area contributed by atoms with E-state index in [0.717, 1.165) is 14.9 Å². The Morgan fingerprint density at radius 1 is 1.19 bits per heavy atom. The zero-order chi connectivity index (χ0) is 11.7. The van der Waals surface area contributed by atoms with E-state index in [0.29, 0.717) is 0 Å². The topological polar surface area (TPSA) is 20.2 Å². The molecule has 1 atom stereocenters. The number of halogens is 1. The highest BCUT2D eigenvalue weighted by atomic mass is 79.9. The monoisotopic (exact) mass is 296 g/mol. The summed E-state index contributed by atoms with van der Waals surface area (Å²) < 4.78 is 0.964. The predicted molar refractivity (Wildman–Crippen MR) is 72.0 cm³/mol. The van der Waals surface area contributed by atoms with Gasteiger partial charge in [0.1, 0.15) is 6.10 Å². The highest BCUT2D eigenvalue weighted by Gasteiger charge is 2.15. The number of hydrogen-bond acceptors (Lipinski definition) is 2. The van der Waals surface area contributed by atoms with Gasteiger partial charge < -0.3 is 5.11 Å². The number of hydrogen-bond donors (Lipinski definition) is 1. The first-order chi connectivity index (χ1) is 7.58. The molecule has 1 heterocycles. The molecular formula is C13H13BrOS. The first kappa shape index (κ1) is 11.8. The van der Waals surface area contributed by atoms with E-state index in [1.807, 2.05) is 44.2 Å². The van der Waals surface area contributed by atoms with Gasteiger partial charge in [0.05, 0.1) is 0 Å². The molecule has 0 radical (unpaired) electrons. The Labute approximate surface area is 108 Å². The quantitative estimate of drug-likeness (QED) is 0.880. The Bertz CT molecular complexity index is 504. The summed E-state index contributed by atoms with van der Waals surface area (Å²) in [5.74, 6) is 0. The van der Waals surface area contributed by atoms with Crippen molar-refractivity contribution in [3.8, 4) is 0 Å². The molecule has 0 saturated carbocycles. The highest BCUT2D eigenvalue weighted by Crippen LogP contribution is 2.32. The molecule has 2 aromatic rings. The van der Waals surface area contributed by atoms with Gasteiger partial charge in [-0.15, -0.1) is 11.3 Å². The van der Waals surface area contributed by atoms with E-state index in [4.69, 9.17) is 0 Å². The summed E-state index contributed by atoms with van der Waals surface area (Å²) in [4.78, 5) is 2.21. The molecule has 1 aromatic heterocycles. The van der Waals surface area contributed by atoms with Crippen molar-refractivity contribution in [3.63, 3.8) is 0 Å². The third-order valence-corrected chi connectivity index (χ3v) is 4.22. The SMILES string of the molecule is Cc1ccc(C(O)c2ccc(C)s2)c(Br)c1. The number of aliphatic hydroxyl groups excluding tert-OH is 1. The number of thiophene rings is 1. The van der Waals surface area contributed by atoms with Gasteiger partial charge in [0.2, 0.25) is 0 Å². The molecule has 1 N–H and O–H groups in total. The lowest BCUT2D eigenvalue weighted by atomic mass is 10.1. The average Bonchev–Trinajstić information content (AvgIpc) is 2.64. The second-order valence-electron chi connectivity index (χ2n) is 3.88. The standard InChI is InChI=1S/C13H13BrOS/c1-8-3-5-10(11(14)7-8)13(15)12-6-4-9(2)16-12/h3-7,13,15H,1-2H3. The zero-order valence-electron chi connectivity index (χ0n) is 9.20. The fourth-order valence-corrected chi connectivity index (χ4v) is 3.20. The maximum atomic E-state index is 10.3. The van der Waals surface area contributed by atoms with Gasteiger partial charge in [-0.2, -0.15) is 0 Å². The third kappa shape index (κ3) is 2.37. The van der Waals surface area contributed by atoms with Crippen LogP contribution in [-0.4, -0.2) is 5.11 Å². The predicted octanol–water partition coefficient (Wildman–Crippen LogP) is 4.21. The lowest BCUT2D eigenvalue weighted by Gasteiger charge is -2.11. The van der Waals surface area contributed by atoms with Crippen LogP contribution in [0.4, 0.5) is 0 Å². The minimum absolute atomic E-state index is 0.534. The van der Waals surface area contributed by atoms with Crippen LogP contribution in [0.1, 0.15) is 27.0 Å². The van der Waals surface area contributed by atoms with Crippen molar-refractivity contribution in [2.24, 2.45) is 0 Å². The lowest BCUT2D eigenvalue weighted by molar-refractivity contribution is 0.223. The van der Waals surface area contributed by atoms with Crippen LogP contribution >= 0.6 is 27.3 Å². The van der Waals surface area contributed by atoms with E-state index in [1.54, 1.807) is 11.3 Å². The fraction of sp³-hybridized carbons (Fsp3) is 0.231. The van der Waals surface area contributed by atoms with Crippen LogP contribution < -0.4 is 0 Å². The van der Waals surface area contributed by atoms with E-state index in [2.05, 4.69) is 15.9 Å². The van der Waals surface area contributed by atoms with Gasteiger partial charge >= 0.3 is 0 Å². The van der Waals surface area contributed by atoms with Crippen molar-refractivity contribution < 1.29 is 5.11 Å². The summed E-state index contributed by atoms with van der Waals surface area (Å²) in [7, 11) is 0. The molecule has 3 heteroatoms. The first-order valence-corrected chi connectivity index (χ1v) is 6.69. The molecule has 2 rings (SSSR count). The molecule has 0 amide bonds. The van der Waals surface area contributed by atoms with E-state index in [-0.39, 0.29) is 0 Å². The summed E-state index contributed by atoms with van der Waals surface area (Å²) in [5, 5.41) is 10.3. The van der Waals surface area contributed by atoms with E-state index < -0.39 is 6.10 Å². The normalized spacial score (nSPS) is 12.8. The molecule has 1 aromatic carbocycles. The van der Waals surface area contributed by atoms with Crippen molar-refractivity contribution in [1.29, 1.82) is 0 Å². The third-order valence-electron chi connectivity index (χ3n) is 2.48. The van der Waals surface area contributed by atoms with E-state index in [1.165, 1.54) is 10.4 Å².